The van der Waals surface area contributed by atoms with Gasteiger partial charge in [0.1, 0.15) is 6.54 Å². The second kappa shape index (κ2) is 7.95. The van der Waals surface area contributed by atoms with Gasteiger partial charge < -0.3 is 14.8 Å². The maximum absolute atomic E-state index is 11.4. The highest BCUT2D eigenvalue weighted by molar-refractivity contribution is 6.02. The normalized spacial score (nSPS) is 14.0. The van der Waals surface area contributed by atoms with Crippen LogP contribution in [0.5, 0.6) is 11.5 Å². The van der Waals surface area contributed by atoms with Crippen molar-refractivity contribution in [1.29, 1.82) is 0 Å². The van der Waals surface area contributed by atoms with E-state index in [1.165, 1.54) is 13.3 Å². The topological polar surface area (TPSA) is 109 Å². The molecular formula is C15H18N4O5. The minimum Gasteiger partial charge on any atom is -0.493 e. The van der Waals surface area contributed by atoms with Crippen molar-refractivity contribution >= 4 is 24.1 Å². The van der Waals surface area contributed by atoms with Crippen molar-refractivity contribution in [3.05, 3.63) is 23.8 Å². The number of urea groups is 1. The predicted molar refractivity (Wildman–Crippen MR) is 85.0 cm³/mol. The van der Waals surface area contributed by atoms with Crippen LogP contribution < -0.4 is 20.1 Å². The molecule has 1 aliphatic heterocycles. The van der Waals surface area contributed by atoms with Gasteiger partial charge in [0.15, 0.2) is 18.1 Å². The first-order valence-electron chi connectivity index (χ1n) is 7.26. The lowest BCUT2D eigenvalue weighted by Gasteiger charge is -2.11. The molecule has 9 nitrogen and oxygen atoms in total. The summed E-state index contributed by atoms with van der Waals surface area (Å²) in [5.74, 6) is 0.207. The fourth-order valence-corrected chi connectivity index (χ4v) is 1.94. The number of hydrogen-bond acceptors (Lipinski definition) is 6. The third-order valence-electron chi connectivity index (χ3n) is 3.04. The fraction of sp³-hybridized carbons (Fsp3) is 0.333. The number of hydrazone groups is 1. The van der Waals surface area contributed by atoms with Gasteiger partial charge in [-0.15, -0.1) is 0 Å². The van der Waals surface area contributed by atoms with E-state index in [1.807, 2.05) is 6.92 Å². The van der Waals surface area contributed by atoms with Crippen molar-refractivity contribution in [2.75, 3.05) is 26.8 Å². The van der Waals surface area contributed by atoms with E-state index < -0.39 is 11.9 Å². The molecule has 1 heterocycles. The molecule has 1 saturated heterocycles. The molecule has 0 saturated carbocycles. The first-order valence-corrected chi connectivity index (χ1v) is 7.26. The highest BCUT2D eigenvalue weighted by atomic mass is 16.5. The van der Waals surface area contributed by atoms with Crippen LogP contribution in [0.1, 0.15) is 12.5 Å². The van der Waals surface area contributed by atoms with Crippen molar-refractivity contribution in [2.45, 2.75) is 6.92 Å². The number of imide groups is 1. The van der Waals surface area contributed by atoms with Gasteiger partial charge in [-0.2, -0.15) is 5.10 Å². The van der Waals surface area contributed by atoms with Crippen LogP contribution in [0.2, 0.25) is 0 Å². The van der Waals surface area contributed by atoms with E-state index in [4.69, 9.17) is 9.47 Å². The van der Waals surface area contributed by atoms with E-state index in [2.05, 4.69) is 15.7 Å². The van der Waals surface area contributed by atoms with Crippen LogP contribution in [0.25, 0.3) is 0 Å². The van der Waals surface area contributed by atoms with Crippen molar-refractivity contribution in [3.8, 4) is 11.5 Å². The number of carbonyl (C=O) groups is 3. The molecule has 1 aromatic carbocycles. The molecular weight excluding hydrogens is 316 g/mol. The number of benzene rings is 1. The van der Waals surface area contributed by atoms with Gasteiger partial charge in [-0.25, -0.2) is 9.80 Å². The first kappa shape index (κ1) is 17.3. The highest BCUT2D eigenvalue weighted by Gasteiger charge is 2.25. The van der Waals surface area contributed by atoms with Gasteiger partial charge in [0.2, 0.25) is 5.91 Å². The Morgan fingerprint density at radius 1 is 1.42 bits per heavy atom. The smallest absolute Gasteiger partial charge is 0.344 e. The third-order valence-corrected chi connectivity index (χ3v) is 3.04. The average Bonchev–Trinajstić information content (AvgIpc) is 2.89. The molecule has 0 aromatic heterocycles. The Balaban J connectivity index is 2.04. The fourth-order valence-electron chi connectivity index (χ4n) is 1.94. The predicted octanol–water partition coefficient (Wildman–Crippen LogP) is 0.0958. The molecule has 0 unspecified atom stereocenters. The highest BCUT2D eigenvalue weighted by Crippen LogP contribution is 2.27. The number of rotatable bonds is 7. The van der Waals surface area contributed by atoms with Crippen LogP contribution in [0.3, 0.4) is 0 Å². The number of amides is 4. The van der Waals surface area contributed by atoms with Gasteiger partial charge >= 0.3 is 6.03 Å². The van der Waals surface area contributed by atoms with Crippen molar-refractivity contribution in [3.63, 3.8) is 0 Å². The van der Waals surface area contributed by atoms with Crippen molar-refractivity contribution < 1.29 is 23.9 Å². The van der Waals surface area contributed by atoms with Gasteiger partial charge in [0.05, 0.1) is 13.3 Å². The quantitative estimate of drug-likeness (QED) is 0.543. The second-order valence-electron chi connectivity index (χ2n) is 4.81. The summed E-state index contributed by atoms with van der Waals surface area (Å²) < 4.78 is 10.6. The van der Waals surface area contributed by atoms with Gasteiger partial charge in [0.25, 0.3) is 5.91 Å². The van der Waals surface area contributed by atoms with Crippen LogP contribution in [0, 0.1) is 0 Å². The Bertz CT molecular complexity index is 674. The Morgan fingerprint density at radius 3 is 2.83 bits per heavy atom. The Morgan fingerprint density at radius 2 is 2.21 bits per heavy atom. The van der Waals surface area contributed by atoms with Gasteiger partial charge in [-0.3, -0.25) is 14.9 Å². The molecule has 0 aliphatic carbocycles. The van der Waals surface area contributed by atoms with Gasteiger partial charge in [0, 0.05) is 6.54 Å². The maximum atomic E-state index is 11.4. The first-order chi connectivity index (χ1) is 11.5. The number of hydrogen-bond donors (Lipinski definition) is 2. The molecule has 0 radical (unpaired) electrons. The van der Waals surface area contributed by atoms with E-state index in [9.17, 15) is 14.4 Å². The summed E-state index contributed by atoms with van der Waals surface area (Å²) >= 11 is 0. The zero-order valence-corrected chi connectivity index (χ0v) is 13.4. The maximum Gasteiger partial charge on any atom is 0.344 e. The van der Waals surface area contributed by atoms with Crippen LogP contribution in [0.15, 0.2) is 23.3 Å². The van der Waals surface area contributed by atoms with E-state index in [0.717, 1.165) is 5.01 Å². The molecule has 1 aliphatic rings. The SMILES string of the molecule is CCNC(=O)COc1ccc(C=NN2CC(=O)NC2=O)cc1OC. The molecule has 9 heteroatoms. The molecule has 0 bridgehead atoms. The minimum atomic E-state index is -0.565. The largest absolute Gasteiger partial charge is 0.493 e. The Kier molecular flexibility index (Phi) is 5.72. The Hall–Kier alpha value is -3.10. The van der Waals surface area contributed by atoms with E-state index in [0.29, 0.717) is 23.6 Å². The number of methoxy groups -OCH3 is 1. The molecule has 0 spiro atoms. The molecule has 24 heavy (non-hydrogen) atoms. The van der Waals surface area contributed by atoms with Gasteiger partial charge in [-0.05, 0) is 30.7 Å². The molecule has 2 rings (SSSR count). The third kappa shape index (κ3) is 4.45. The van der Waals surface area contributed by atoms with Crippen LogP contribution >= 0.6 is 0 Å². The molecule has 2 N–H and O–H groups in total. The number of ether oxygens (including phenoxy) is 2. The number of likely N-dealkylation sites (N-methyl/N-ethyl adjacent to an activating group) is 1. The summed E-state index contributed by atoms with van der Waals surface area (Å²) in [6.45, 7) is 2.12. The van der Waals surface area contributed by atoms with Crippen LogP contribution in [0.4, 0.5) is 4.79 Å². The summed E-state index contributed by atoms with van der Waals surface area (Å²) in [6.07, 6.45) is 1.42. The van der Waals surface area contributed by atoms with E-state index in [-0.39, 0.29) is 19.1 Å². The lowest BCUT2D eigenvalue weighted by Crippen LogP contribution is -2.28. The summed E-state index contributed by atoms with van der Waals surface area (Å²) in [7, 11) is 1.47. The van der Waals surface area contributed by atoms with Gasteiger partial charge in [-0.1, -0.05) is 0 Å². The summed E-state index contributed by atoms with van der Waals surface area (Å²) in [6, 6.07) is 4.40. The zero-order chi connectivity index (χ0) is 17.5. The summed E-state index contributed by atoms with van der Waals surface area (Å²) in [5.41, 5.74) is 0.643. The van der Waals surface area contributed by atoms with Crippen LogP contribution in [-0.4, -0.2) is 55.9 Å². The minimum absolute atomic E-state index is 0.111. The Labute approximate surface area is 138 Å². The molecule has 4 amide bonds. The zero-order valence-electron chi connectivity index (χ0n) is 13.4. The van der Waals surface area contributed by atoms with E-state index in [1.54, 1.807) is 18.2 Å². The number of nitrogens with one attached hydrogen (secondary N) is 2. The second-order valence-corrected chi connectivity index (χ2v) is 4.81. The standard InChI is InChI=1S/C15H18N4O5/c1-3-16-14(21)9-24-11-5-4-10(6-12(11)23-2)7-17-19-8-13(20)18-15(19)22/h4-7H,3,8-9H2,1-2H3,(H,16,21)(H,18,20,22). The summed E-state index contributed by atoms with van der Waals surface area (Å²) in [5, 5.41) is 9.72. The molecule has 0 atom stereocenters. The number of carbonyl (C=O) groups excluding carboxylic acids is 3. The average molecular weight is 334 g/mol. The van der Waals surface area contributed by atoms with Crippen molar-refractivity contribution in [2.24, 2.45) is 5.10 Å². The molecule has 1 fully saturated rings. The van der Waals surface area contributed by atoms with Crippen molar-refractivity contribution in [1.82, 2.24) is 15.6 Å². The monoisotopic (exact) mass is 334 g/mol. The van der Waals surface area contributed by atoms with Crippen LogP contribution in [-0.2, 0) is 9.59 Å². The summed E-state index contributed by atoms with van der Waals surface area (Å²) in [4.78, 5) is 33.9. The lowest BCUT2D eigenvalue weighted by molar-refractivity contribution is -0.123. The number of nitrogens with zero attached hydrogens (tertiary/aromatic N) is 2. The van der Waals surface area contributed by atoms with E-state index >= 15 is 0 Å². The lowest BCUT2D eigenvalue weighted by atomic mass is 10.2. The molecule has 1 aromatic rings. The molecule has 128 valence electrons.